The van der Waals surface area contributed by atoms with E-state index in [2.05, 4.69) is 0 Å². The molecule has 0 aromatic heterocycles. The fraction of sp³-hybridized carbons (Fsp3) is 0.294. The lowest BCUT2D eigenvalue weighted by Crippen LogP contribution is -2.28. The quantitative estimate of drug-likeness (QED) is 0.842. The number of aliphatic hydroxyl groups excluding tert-OH is 1. The number of para-hydroxylation sites is 1. The summed E-state index contributed by atoms with van der Waals surface area (Å²) in [4.78, 5) is 0. The Bertz CT molecular complexity index is 741. The number of hydrogen-bond donors (Lipinski definition) is 1. The van der Waals surface area contributed by atoms with Crippen molar-refractivity contribution in [2.24, 2.45) is 0 Å². The predicted octanol–water partition coefficient (Wildman–Crippen LogP) is 2.49. The number of halogens is 1. The van der Waals surface area contributed by atoms with Crippen molar-refractivity contribution >= 4 is 9.84 Å². The summed E-state index contributed by atoms with van der Waals surface area (Å²) in [5, 5.41) is 9.89. The maximum atomic E-state index is 12.8. The van der Waals surface area contributed by atoms with E-state index in [0.29, 0.717) is 11.3 Å². The summed E-state index contributed by atoms with van der Waals surface area (Å²) < 4.78 is 42.4. The van der Waals surface area contributed by atoms with Crippen LogP contribution in [-0.4, -0.2) is 32.0 Å². The van der Waals surface area contributed by atoms with Crippen molar-refractivity contribution in [3.8, 4) is 5.75 Å². The zero-order chi connectivity index (χ0) is 16.9. The van der Waals surface area contributed by atoms with Crippen LogP contribution >= 0.6 is 0 Å². The van der Waals surface area contributed by atoms with Gasteiger partial charge in [-0.25, -0.2) is 12.8 Å². The number of rotatable bonds is 7. The molecule has 0 radical (unpaired) electrons. The van der Waals surface area contributed by atoms with Gasteiger partial charge in [-0.3, -0.25) is 0 Å². The van der Waals surface area contributed by atoms with Crippen molar-refractivity contribution in [3.63, 3.8) is 0 Å². The van der Waals surface area contributed by atoms with Gasteiger partial charge in [-0.05, 0) is 36.2 Å². The third-order valence-electron chi connectivity index (χ3n) is 3.27. The number of hydrogen-bond acceptors (Lipinski definition) is 4. The second kappa shape index (κ2) is 7.57. The fourth-order valence-corrected chi connectivity index (χ4v) is 3.64. The second-order valence-electron chi connectivity index (χ2n) is 5.41. The highest BCUT2D eigenvalue weighted by Gasteiger charge is 2.19. The van der Waals surface area contributed by atoms with Gasteiger partial charge in [0, 0.05) is 0 Å². The van der Waals surface area contributed by atoms with E-state index in [1.54, 1.807) is 12.1 Å². The van der Waals surface area contributed by atoms with Crippen LogP contribution in [0.1, 0.15) is 11.1 Å². The van der Waals surface area contributed by atoms with Crippen molar-refractivity contribution in [1.82, 2.24) is 0 Å². The maximum Gasteiger partial charge on any atom is 0.157 e. The highest BCUT2D eigenvalue weighted by molar-refractivity contribution is 7.90. The molecule has 2 aromatic rings. The Labute approximate surface area is 135 Å². The van der Waals surface area contributed by atoms with Crippen LogP contribution in [0.4, 0.5) is 4.39 Å². The minimum Gasteiger partial charge on any atom is -0.491 e. The largest absolute Gasteiger partial charge is 0.491 e. The monoisotopic (exact) mass is 338 g/mol. The summed E-state index contributed by atoms with van der Waals surface area (Å²) in [5.74, 6) is -0.453. The van der Waals surface area contributed by atoms with Crippen LogP contribution < -0.4 is 4.74 Å². The van der Waals surface area contributed by atoms with Crippen molar-refractivity contribution in [3.05, 3.63) is 65.5 Å². The second-order valence-corrected chi connectivity index (χ2v) is 7.52. The summed E-state index contributed by atoms with van der Waals surface area (Å²) in [6.45, 7) is 1.76. The topological polar surface area (TPSA) is 63.6 Å². The molecule has 0 bridgehead atoms. The summed E-state index contributed by atoms with van der Waals surface area (Å²) in [5.41, 5.74) is 1.40. The van der Waals surface area contributed by atoms with E-state index in [-0.39, 0.29) is 12.4 Å². The number of aryl methyl sites for hydroxylation is 1. The molecule has 1 unspecified atom stereocenters. The molecule has 0 aliphatic heterocycles. The number of aliphatic hydroxyl groups is 1. The van der Waals surface area contributed by atoms with Gasteiger partial charge in [0.25, 0.3) is 0 Å². The van der Waals surface area contributed by atoms with Gasteiger partial charge < -0.3 is 9.84 Å². The van der Waals surface area contributed by atoms with E-state index in [9.17, 15) is 17.9 Å². The smallest absolute Gasteiger partial charge is 0.157 e. The van der Waals surface area contributed by atoms with Crippen molar-refractivity contribution in [2.45, 2.75) is 18.8 Å². The van der Waals surface area contributed by atoms with Crippen LogP contribution in [0.5, 0.6) is 5.75 Å². The van der Waals surface area contributed by atoms with E-state index >= 15 is 0 Å². The molecular weight excluding hydrogens is 319 g/mol. The average molecular weight is 338 g/mol. The zero-order valence-electron chi connectivity index (χ0n) is 12.8. The van der Waals surface area contributed by atoms with Gasteiger partial charge in [-0.2, -0.15) is 0 Å². The molecule has 0 heterocycles. The Morgan fingerprint density at radius 1 is 1.13 bits per heavy atom. The minimum absolute atomic E-state index is 0.104. The average Bonchev–Trinajstić information content (AvgIpc) is 2.48. The molecule has 0 aliphatic rings. The van der Waals surface area contributed by atoms with Crippen molar-refractivity contribution in [2.75, 3.05) is 12.4 Å². The Balaban J connectivity index is 1.89. The summed E-state index contributed by atoms with van der Waals surface area (Å²) in [6.07, 6.45) is -1.12. The molecule has 0 saturated heterocycles. The van der Waals surface area contributed by atoms with Gasteiger partial charge in [0.15, 0.2) is 9.84 Å². The van der Waals surface area contributed by atoms with Gasteiger partial charge in [-0.15, -0.1) is 0 Å². The van der Waals surface area contributed by atoms with E-state index in [4.69, 9.17) is 4.74 Å². The van der Waals surface area contributed by atoms with Crippen LogP contribution in [0.3, 0.4) is 0 Å². The van der Waals surface area contributed by atoms with Crippen LogP contribution in [0.25, 0.3) is 0 Å². The molecule has 0 spiro atoms. The van der Waals surface area contributed by atoms with Crippen LogP contribution in [-0.2, 0) is 15.6 Å². The Morgan fingerprint density at radius 3 is 2.43 bits per heavy atom. The third-order valence-corrected chi connectivity index (χ3v) is 4.94. The minimum atomic E-state index is -3.51. The molecule has 1 N–H and O–H groups in total. The zero-order valence-corrected chi connectivity index (χ0v) is 13.6. The molecule has 2 aromatic carbocycles. The van der Waals surface area contributed by atoms with E-state index < -0.39 is 27.5 Å². The summed E-state index contributed by atoms with van der Waals surface area (Å²) >= 11 is 0. The molecule has 124 valence electrons. The Morgan fingerprint density at radius 2 is 1.78 bits per heavy atom. The lowest BCUT2D eigenvalue weighted by atomic mass is 10.2. The van der Waals surface area contributed by atoms with Gasteiger partial charge in [-0.1, -0.05) is 30.3 Å². The first kappa shape index (κ1) is 17.4. The first-order valence-electron chi connectivity index (χ1n) is 7.17. The van der Waals surface area contributed by atoms with E-state index in [1.165, 1.54) is 24.3 Å². The van der Waals surface area contributed by atoms with Crippen LogP contribution in [0.2, 0.25) is 0 Å². The SMILES string of the molecule is Cc1ccccc1OCC(O)CS(=O)(=O)Cc1ccc(F)cc1. The molecule has 0 aliphatic carbocycles. The Kier molecular flexibility index (Phi) is 5.74. The molecular formula is C17H19FO4S. The fourth-order valence-electron chi connectivity index (χ4n) is 2.14. The highest BCUT2D eigenvalue weighted by Crippen LogP contribution is 2.16. The normalized spacial score (nSPS) is 12.8. The third kappa shape index (κ3) is 5.65. The lowest BCUT2D eigenvalue weighted by Gasteiger charge is -2.14. The molecule has 23 heavy (non-hydrogen) atoms. The molecule has 0 saturated carbocycles. The molecule has 6 heteroatoms. The standard InChI is InChI=1S/C17H19FO4S/c1-13-4-2-3-5-17(13)22-10-16(19)12-23(20,21)11-14-6-8-15(18)9-7-14/h2-9,16,19H,10-12H2,1H3. The van der Waals surface area contributed by atoms with Crippen molar-refractivity contribution < 1.29 is 22.7 Å². The number of ether oxygens (including phenoxy) is 1. The van der Waals surface area contributed by atoms with Crippen LogP contribution in [0, 0.1) is 12.7 Å². The molecule has 0 amide bonds. The molecule has 4 nitrogen and oxygen atoms in total. The highest BCUT2D eigenvalue weighted by atomic mass is 32.2. The summed E-state index contributed by atoms with van der Waals surface area (Å²) in [7, 11) is -3.51. The number of sulfone groups is 1. The molecule has 0 fully saturated rings. The molecule has 1 atom stereocenters. The molecule has 2 rings (SSSR count). The first-order chi connectivity index (χ1) is 10.9. The first-order valence-corrected chi connectivity index (χ1v) is 8.99. The summed E-state index contributed by atoms with van der Waals surface area (Å²) in [6, 6.07) is 12.6. The van der Waals surface area contributed by atoms with Gasteiger partial charge in [0.05, 0.1) is 11.5 Å². The van der Waals surface area contributed by atoms with E-state index in [1.807, 2.05) is 19.1 Å². The van der Waals surface area contributed by atoms with Gasteiger partial charge >= 0.3 is 0 Å². The predicted molar refractivity (Wildman–Crippen MR) is 86.6 cm³/mol. The number of benzene rings is 2. The Hall–Kier alpha value is -1.92. The maximum absolute atomic E-state index is 12.8. The van der Waals surface area contributed by atoms with Crippen LogP contribution in [0.15, 0.2) is 48.5 Å². The van der Waals surface area contributed by atoms with Gasteiger partial charge in [0.1, 0.15) is 24.3 Å². The lowest BCUT2D eigenvalue weighted by molar-refractivity contribution is 0.124. The van der Waals surface area contributed by atoms with Crippen molar-refractivity contribution in [1.29, 1.82) is 0 Å². The van der Waals surface area contributed by atoms with E-state index in [0.717, 1.165) is 5.56 Å². The van der Waals surface area contributed by atoms with Gasteiger partial charge in [0.2, 0.25) is 0 Å².